The number of anilines is 2. The third kappa shape index (κ3) is 6.26. The Morgan fingerprint density at radius 1 is 1.31 bits per heavy atom. The number of hydrogen-bond acceptors (Lipinski definition) is 6. The molecule has 0 saturated heterocycles. The first-order chi connectivity index (χ1) is 15.3. The van der Waals surface area contributed by atoms with Crippen LogP contribution in [-0.2, 0) is 14.2 Å². The Kier molecular flexibility index (Phi) is 8.19. The van der Waals surface area contributed by atoms with Crippen LogP contribution < -0.4 is 4.90 Å². The Labute approximate surface area is 191 Å². The molecule has 0 radical (unpaired) electrons. The molecule has 0 spiro atoms. The zero-order chi connectivity index (χ0) is 23.1. The number of carbonyl (C=O) groups is 1. The summed E-state index contributed by atoms with van der Waals surface area (Å²) in [7, 11) is 0.227. The molecule has 0 bridgehead atoms. The summed E-state index contributed by atoms with van der Waals surface area (Å²) in [4.78, 5) is 16.7. The number of ether oxygens (including phenoxy) is 3. The zero-order valence-corrected chi connectivity index (χ0v) is 20.8. The first-order valence-corrected chi connectivity index (χ1v) is 15.0. The van der Waals surface area contributed by atoms with Gasteiger partial charge in [-0.25, -0.2) is 4.79 Å². The molecular weight excluding hydrogens is 424 g/mol. The minimum Gasteiger partial charge on any atom is -0.438 e. The SMILES string of the molecule is CCC(CCOC(=O)OC)n1cc(N2C=CC(COCC[Si](C)(C)C)c3[nH]ccc32)cn1. The molecule has 3 heterocycles. The molecular formula is C23H36N4O4Si. The van der Waals surface area contributed by atoms with Crippen molar-refractivity contribution in [1.82, 2.24) is 14.8 Å². The van der Waals surface area contributed by atoms with E-state index in [4.69, 9.17) is 9.47 Å². The van der Waals surface area contributed by atoms with E-state index in [2.05, 4.69) is 64.6 Å². The van der Waals surface area contributed by atoms with E-state index in [1.165, 1.54) is 13.2 Å². The fourth-order valence-electron chi connectivity index (χ4n) is 3.71. The second-order valence-corrected chi connectivity index (χ2v) is 14.9. The van der Waals surface area contributed by atoms with Crippen LogP contribution in [0.4, 0.5) is 16.2 Å². The van der Waals surface area contributed by atoms with Gasteiger partial charge in [0.05, 0.1) is 43.9 Å². The topological polar surface area (TPSA) is 81.6 Å². The number of aromatic nitrogens is 3. The van der Waals surface area contributed by atoms with Crippen molar-refractivity contribution in [2.45, 2.75) is 57.4 Å². The lowest BCUT2D eigenvalue weighted by atomic mass is 10.0. The van der Waals surface area contributed by atoms with E-state index in [1.54, 1.807) is 0 Å². The van der Waals surface area contributed by atoms with Crippen molar-refractivity contribution >= 4 is 25.6 Å². The van der Waals surface area contributed by atoms with Gasteiger partial charge in [-0.1, -0.05) is 32.6 Å². The summed E-state index contributed by atoms with van der Waals surface area (Å²) in [5, 5.41) is 4.58. The number of methoxy groups -OCH3 is 1. The molecule has 3 rings (SSSR count). The normalized spacial score (nSPS) is 16.7. The number of H-pyrrole nitrogens is 1. The van der Waals surface area contributed by atoms with Crippen LogP contribution in [-0.4, -0.2) is 55.9 Å². The van der Waals surface area contributed by atoms with Gasteiger partial charge in [0, 0.05) is 51.3 Å². The van der Waals surface area contributed by atoms with E-state index in [-0.39, 0.29) is 12.0 Å². The largest absolute Gasteiger partial charge is 0.507 e. The van der Waals surface area contributed by atoms with Crippen molar-refractivity contribution in [3.8, 4) is 0 Å². The summed E-state index contributed by atoms with van der Waals surface area (Å²) in [6, 6.07) is 3.41. The van der Waals surface area contributed by atoms with Crippen LogP contribution in [0.2, 0.25) is 25.7 Å². The van der Waals surface area contributed by atoms with Gasteiger partial charge in [0.25, 0.3) is 0 Å². The highest BCUT2D eigenvalue weighted by molar-refractivity contribution is 6.76. The molecule has 176 valence electrons. The van der Waals surface area contributed by atoms with Crippen molar-refractivity contribution in [3.05, 3.63) is 42.6 Å². The van der Waals surface area contributed by atoms with E-state index in [0.29, 0.717) is 19.6 Å². The minimum atomic E-state index is -1.08. The van der Waals surface area contributed by atoms with Gasteiger partial charge in [0.15, 0.2) is 0 Å². The lowest BCUT2D eigenvalue weighted by molar-refractivity contribution is 0.0679. The monoisotopic (exact) mass is 460 g/mol. The number of rotatable bonds is 11. The van der Waals surface area contributed by atoms with Gasteiger partial charge >= 0.3 is 6.16 Å². The summed E-state index contributed by atoms with van der Waals surface area (Å²) in [6.07, 6.45) is 11.1. The number of fused-ring (bicyclic) bond motifs is 1. The summed E-state index contributed by atoms with van der Waals surface area (Å²) in [6.45, 7) is 11.0. The molecule has 0 saturated carbocycles. The van der Waals surface area contributed by atoms with Crippen molar-refractivity contribution in [3.63, 3.8) is 0 Å². The molecule has 8 nitrogen and oxygen atoms in total. The fraction of sp³-hybridized carbons (Fsp3) is 0.565. The smallest absolute Gasteiger partial charge is 0.438 e. The van der Waals surface area contributed by atoms with Crippen LogP contribution >= 0.6 is 0 Å². The fourth-order valence-corrected chi connectivity index (χ4v) is 4.47. The third-order valence-electron chi connectivity index (χ3n) is 5.70. The number of hydrogen-bond donors (Lipinski definition) is 1. The summed E-state index contributed by atoms with van der Waals surface area (Å²) in [5.41, 5.74) is 3.27. The van der Waals surface area contributed by atoms with Crippen LogP contribution in [0, 0.1) is 0 Å². The molecule has 1 aliphatic rings. The average molecular weight is 461 g/mol. The lowest BCUT2D eigenvalue weighted by Crippen LogP contribution is -2.23. The van der Waals surface area contributed by atoms with Gasteiger partial charge < -0.3 is 24.1 Å². The molecule has 0 fully saturated rings. The average Bonchev–Trinajstić information content (AvgIpc) is 3.43. The highest BCUT2D eigenvalue weighted by atomic mass is 28.3. The Balaban J connectivity index is 1.63. The second kappa shape index (κ2) is 10.9. The van der Waals surface area contributed by atoms with Gasteiger partial charge in [0.2, 0.25) is 0 Å². The van der Waals surface area contributed by atoms with Crippen LogP contribution in [0.5, 0.6) is 0 Å². The summed E-state index contributed by atoms with van der Waals surface area (Å²) in [5.74, 6) is 0.215. The number of nitrogens with zero attached hydrogens (tertiary/aromatic N) is 3. The van der Waals surface area contributed by atoms with Gasteiger partial charge in [-0.2, -0.15) is 5.10 Å². The maximum absolute atomic E-state index is 11.2. The first-order valence-electron chi connectivity index (χ1n) is 11.3. The Bertz CT molecular complexity index is 902. The molecule has 0 aromatic carbocycles. The van der Waals surface area contributed by atoms with Crippen LogP contribution in [0.25, 0.3) is 0 Å². The van der Waals surface area contributed by atoms with Gasteiger partial charge in [-0.05, 0) is 18.5 Å². The van der Waals surface area contributed by atoms with Gasteiger partial charge in [0.1, 0.15) is 0 Å². The standard InChI is InChI=1S/C23H36N4O4Si/c1-6-19(9-12-31-23(28)29-2)27-16-20(15-25-27)26-11-8-18(22-21(26)7-10-24-22)17-30-13-14-32(3,4)5/h7-8,10-11,15-16,18-19,24H,6,9,12-14,17H2,1-5H3. The predicted molar refractivity (Wildman–Crippen MR) is 128 cm³/mol. The molecule has 1 aliphatic heterocycles. The lowest BCUT2D eigenvalue weighted by Gasteiger charge is -2.27. The number of aromatic amines is 1. The molecule has 0 aliphatic carbocycles. The molecule has 32 heavy (non-hydrogen) atoms. The van der Waals surface area contributed by atoms with Gasteiger partial charge in [-0.15, -0.1) is 0 Å². The quantitative estimate of drug-likeness (QED) is 0.273. The minimum absolute atomic E-state index is 0.139. The van der Waals surface area contributed by atoms with E-state index in [0.717, 1.165) is 30.1 Å². The summed E-state index contributed by atoms with van der Waals surface area (Å²) < 4.78 is 17.5. The maximum Gasteiger partial charge on any atom is 0.507 e. The maximum atomic E-state index is 11.2. The molecule has 2 aromatic rings. The number of carbonyl (C=O) groups excluding carboxylic acids is 1. The van der Waals surface area contributed by atoms with E-state index >= 15 is 0 Å². The molecule has 2 aromatic heterocycles. The zero-order valence-electron chi connectivity index (χ0n) is 19.8. The Morgan fingerprint density at radius 2 is 2.12 bits per heavy atom. The number of nitrogens with one attached hydrogen (secondary N) is 1. The van der Waals surface area contributed by atoms with Crippen LogP contribution in [0.1, 0.15) is 37.4 Å². The van der Waals surface area contributed by atoms with E-state index < -0.39 is 14.2 Å². The summed E-state index contributed by atoms with van der Waals surface area (Å²) >= 11 is 0. The van der Waals surface area contributed by atoms with E-state index in [9.17, 15) is 4.79 Å². The Hall–Kier alpha value is -2.52. The molecule has 0 amide bonds. The predicted octanol–water partition coefficient (Wildman–Crippen LogP) is 5.44. The van der Waals surface area contributed by atoms with Crippen molar-refractivity contribution in [2.75, 3.05) is 31.8 Å². The van der Waals surface area contributed by atoms with Crippen LogP contribution in [0.3, 0.4) is 0 Å². The molecule has 1 N–H and O–H groups in total. The van der Waals surface area contributed by atoms with E-state index in [1.807, 2.05) is 23.3 Å². The first kappa shape index (κ1) is 24.1. The highest BCUT2D eigenvalue weighted by Gasteiger charge is 2.25. The molecule has 2 atom stereocenters. The van der Waals surface area contributed by atoms with Gasteiger partial charge in [-0.3, -0.25) is 4.68 Å². The van der Waals surface area contributed by atoms with Crippen molar-refractivity contribution < 1.29 is 19.0 Å². The van der Waals surface area contributed by atoms with Crippen molar-refractivity contribution in [1.29, 1.82) is 0 Å². The molecule has 9 heteroatoms. The second-order valence-electron chi connectivity index (χ2n) is 9.31. The van der Waals surface area contributed by atoms with Crippen molar-refractivity contribution in [2.24, 2.45) is 0 Å². The Morgan fingerprint density at radius 3 is 2.84 bits per heavy atom. The molecule has 2 unspecified atom stereocenters. The highest BCUT2D eigenvalue weighted by Crippen LogP contribution is 2.37. The van der Waals surface area contributed by atoms with Crippen LogP contribution in [0.15, 0.2) is 36.9 Å². The third-order valence-corrected chi connectivity index (χ3v) is 7.40.